The third kappa shape index (κ3) is 3.08. The van der Waals surface area contributed by atoms with Crippen LogP contribution in [0.2, 0.25) is 0 Å². The van der Waals surface area contributed by atoms with Gasteiger partial charge in [0.2, 0.25) is 0 Å². The molecule has 92 valence electrons. The standard InChI is InChI=1S/C14H20N2O/c1-3-14(2,17)10-15-9-11-4-5-13-12(8-11)6-7-16-13/h4-8,15-17H,3,9-10H2,1-2H3. The number of aliphatic hydroxyl groups is 1. The van der Waals surface area contributed by atoms with E-state index in [1.807, 2.05) is 20.0 Å². The van der Waals surface area contributed by atoms with Crippen LogP contribution in [0.25, 0.3) is 10.9 Å². The number of aromatic nitrogens is 1. The Morgan fingerprint density at radius 2 is 2.18 bits per heavy atom. The fourth-order valence-electron chi connectivity index (χ4n) is 1.81. The lowest BCUT2D eigenvalue weighted by molar-refractivity contribution is 0.0556. The maximum Gasteiger partial charge on any atom is 0.0741 e. The van der Waals surface area contributed by atoms with Gasteiger partial charge < -0.3 is 15.4 Å². The normalized spacial score (nSPS) is 15.0. The summed E-state index contributed by atoms with van der Waals surface area (Å²) in [5.74, 6) is 0. The van der Waals surface area contributed by atoms with E-state index in [1.54, 1.807) is 0 Å². The predicted molar refractivity (Wildman–Crippen MR) is 70.9 cm³/mol. The lowest BCUT2D eigenvalue weighted by Crippen LogP contribution is -2.36. The Hall–Kier alpha value is -1.32. The molecule has 1 aromatic carbocycles. The molecule has 1 heterocycles. The van der Waals surface area contributed by atoms with Gasteiger partial charge in [0.1, 0.15) is 0 Å². The summed E-state index contributed by atoms with van der Waals surface area (Å²) in [5, 5.41) is 14.4. The van der Waals surface area contributed by atoms with Crippen molar-refractivity contribution in [3.05, 3.63) is 36.0 Å². The molecule has 3 nitrogen and oxygen atoms in total. The second kappa shape index (κ2) is 4.90. The maximum atomic E-state index is 9.87. The molecule has 3 heteroatoms. The molecule has 1 aromatic heterocycles. The zero-order valence-electron chi connectivity index (χ0n) is 10.5. The molecular formula is C14H20N2O. The van der Waals surface area contributed by atoms with E-state index in [1.165, 1.54) is 10.9 Å². The van der Waals surface area contributed by atoms with Crippen LogP contribution in [0.4, 0.5) is 0 Å². The number of fused-ring (bicyclic) bond motifs is 1. The lowest BCUT2D eigenvalue weighted by Gasteiger charge is -2.21. The molecule has 0 saturated carbocycles. The van der Waals surface area contributed by atoms with E-state index < -0.39 is 5.60 Å². The summed E-state index contributed by atoms with van der Waals surface area (Å²) in [4.78, 5) is 3.18. The smallest absolute Gasteiger partial charge is 0.0741 e. The van der Waals surface area contributed by atoms with Crippen LogP contribution in [0.15, 0.2) is 30.5 Å². The van der Waals surface area contributed by atoms with E-state index in [0.717, 1.165) is 18.5 Å². The highest BCUT2D eigenvalue weighted by molar-refractivity contribution is 5.79. The summed E-state index contributed by atoms with van der Waals surface area (Å²) in [6.07, 6.45) is 2.71. The molecule has 3 N–H and O–H groups in total. The molecule has 0 aliphatic heterocycles. The minimum atomic E-state index is -0.613. The van der Waals surface area contributed by atoms with Gasteiger partial charge in [0.15, 0.2) is 0 Å². The van der Waals surface area contributed by atoms with Crippen molar-refractivity contribution in [1.82, 2.24) is 10.3 Å². The summed E-state index contributed by atoms with van der Waals surface area (Å²) in [6.45, 7) is 5.26. The van der Waals surface area contributed by atoms with E-state index >= 15 is 0 Å². The third-order valence-electron chi connectivity index (χ3n) is 3.21. The SMILES string of the molecule is CCC(C)(O)CNCc1ccc2[nH]ccc2c1. The zero-order valence-corrected chi connectivity index (χ0v) is 10.5. The summed E-state index contributed by atoms with van der Waals surface area (Å²) in [6, 6.07) is 8.43. The fraction of sp³-hybridized carbons (Fsp3) is 0.429. The number of nitrogens with one attached hydrogen (secondary N) is 2. The molecule has 0 radical (unpaired) electrons. The quantitative estimate of drug-likeness (QED) is 0.741. The van der Waals surface area contributed by atoms with Crippen LogP contribution < -0.4 is 5.32 Å². The largest absolute Gasteiger partial charge is 0.389 e. The summed E-state index contributed by atoms with van der Waals surface area (Å²) >= 11 is 0. The number of hydrogen-bond donors (Lipinski definition) is 3. The van der Waals surface area contributed by atoms with Gasteiger partial charge in [-0.3, -0.25) is 0 Å². The van der Waals surface area contributed by atoms with Crippen molar-refractivity contribution in [3.63, 3.8) is 0 Å². The van der Waals surface area contributed by atoms with Gasteiger partial charge in [0.05, 0.1) is 5.60 Å². The van der Waals surface area contributed by atoms with Crippen molar-refractivity contribution in [1.29, 1.82) is 0 Å². The molecule has 0 bridgehead atoms. The van der Waals surface area contributed by atoms with Crippen LogP contribution in [0, 0.1) is 0 Å². The second-order valence-corrected chi connectivity index (χ2v) is 4.85. The lowest BCUT2D eigenvalue weighted by atomic mass is 10.0. The molecule has 1 unspecified atom stereocenters. The van der Waals surface area contributed by atoms with Crippen LogP contribution in [0.5, 0.6) is 0 Å². The number of rotatable bonds is 5. The van der Waals surface area contributed by atoms with E-state index in [9.17, 15) is 5.11 Å². The first-order valence-corrected chi connectivity index (χ1v) is 6.10. The Morgan fingerprint density at radius 1 is 1.35 bits per heavy atom. The molecule has 0 saturated heterocycles. The maximum absolute atomic E-state index is 9.87. The van der Waals surface area contributed by atoms with E-state index in [0.29, 0.717) is 6.54 Å². The minimum absolute atomic E-state index is 0.613. The molecule has 1 atom stereocenters. The first-order valence-electron chi connectivity index (χ1n) is 6.10. The van der Waals surface area contributed by atoms with Gasteiger partial charge in [-0.25, -0.2) is 0 Å². The van der Waals surface area contributed by atoms with Crippen LogP contribution in [0.3, 0.4) is 0 Å². The first-order chi connectivity index (χ1) is 8.11. The molecule has 0 spiro atoms. The Balaban J connectivity index is 1.95. The summed E-state index contributed by atoms with van der Waals surface area (Å²) in [5.41, 5.74) is 1.79. The Labute approximate surface area is 102 Å². The van der Waals surface area contributed by atoms with Gasteiger partial charge in [-0.2, -0.15) is 0 Å². The van der Waals surface area contributed by atoms with Crippen molar-refractivity contribution in [3.8, 4) is 0 Å². The predicted octanol–water partition coefficient (Wildman–Crippen LogP) is 2.42. The molecule has 0 amide bonds. The molecule has 2 aromatic rings. The number of benzene rings is 1. The van der Waals surface area contributed by atoms with Crippen molar-refractivity contribution >= 4 is 10.9 Å². The van der Waals surface area contributed by atoms with Gasteiger partial charge in [-0.05, 0) is 42.5 Å². The monoisotopic (exact) mass is 232 g/mol. The number of aromatic amines is 1. The first kappa shape index (κ1) is 12.1. The van der Waals surface area contributed by atoms with Crippen LogP contribution in [-0.2, 0) is 6.54 Å². The topological polar surface area (TPSA) is 48.0 Å². The van der Waals surface area contributed by atoms with Crippen molar-refractivity contribution in [2.24, 2.45) is 0 Å². The van der Waals surface area contributed by atoms with Crippen molar-refractivity contribution < 1.29 is 5.11 Å². The van der Waals surface area contributed by atoms with Gasteiger partial charge in [-0.15, -0.1) is 0 Å². The van der Waals surface area contributed by atoms with E-state index in [-0.39, 0.29) is 0 Å². The van der Waals surface area contributed by atoms with Crippen molar-refractivity contribution in [2.75, 3.05) is 6.54 Å². The highest BCUT2D eigenvalue weighted by Gasteiger charge is 2.16. The minimum Gasteiger partial charge on any atom is -0.389 e. The fourth-order valence-corrected chi connectivity index (χ4v) is 1.81. The molecule has 0 aliphatic carbocycles. The average molecular weight is 232 g/mol. The van der Waals surface area contributed by atoms with Crippen LogP contribution in [0.1, 0.15) is 25.8 Å². The Morgan fingerprint density at radius 3 is 2.94 bits per heavy atom. The molecule has 2 rings (SSSR count). The number of hydrogen-bond acceptors (Lipinski definition) is 2. The zero-order chi connectivity index (χ0) is 12.3. The van der Waals surface area contributed by atoms with E-state index in [2.05, 4.69) is 34.6 Å². The molecule has 0 fully saturated rings. The summed E-state index contributed by atoms with van der Waals surface area (Å²) < 4.78 is 0. The van der Waals surface area contributed by atoms with Gasteiger partial charge in [0, 0.05) is 24.8 Å². The summed E-state index contributed by atoms with van der Waals surface area (Å²) in [7, 11) is 0. The van der Waals surface area contributed by atoms with Crippen LogP contribution >= 0.6 is 0 Å². The van der Waals surface area contributed by atoms with Gasteiger partial charge >= 0.3 is 0 Å². The van der Waals surface area contributed by atoms with Crippen molar-refractivity contribution in [2.45, 2.75) is 32.4 Å². The van der Waals surface area contributed by atoms with Gasteiger partial charge in [-0.1, -0.05) is 13.0 Å². The second-order valence-electron chi connectivity index (χ2n) is 4.85. The number of H-pyrrole nitrogens is 1. The molecule has 0 aliphatic rings. The van der Waals surface area contributed by atoms with Gasteiger partial charge in [0.25, 0.3) is 0 Å². The van der Waals surface area contributed by atoms with Crippen LogP contribution in [-0.4, -0.2) is 22.2 Å². The van der Waals surface area contributed by atoms with E-state index in [4.69, 9.17) is 0 Å². The third-order valence-corrected chi connectivity index (χ3v) is 3.21. The molecular weight excluding hydrogens is 212 g/mol. The average Bonchev–Trinajstić information content (AvgIpc) is 2.76. The Bertz CT molecular complexity index is 488. The Kier molecular flexibility index (Phi) is 3.50. The highest BCUT2D eigenvalue weighted by Crippen LogP contribution is 2.14. The molecule has 17 heavy (non-hydrogen) atoms. The highest BCUT2D eigenvalue weighted by atomic mass is 16.3.